The van der Waals surface area contributed by atoms with Crippen LogP contribution in [0.4, 0.5) is 0 Å². The molecule has 1 aromatic rings. The lowest BCUT2D eigenvalue weighted by Gasteiger charge is -2.26. The third-order valence-electron chi connectivity index (χ3n) is 4.24. The molecule has 1 nitrogen and oxygen atoms in total. The number of rotatable bonds is 2. The minimum Gasteiger partial charge on any atom is -0.393 e. The maximum atomic E-state index is 9.71. The molecular formula is C15H20OS. The van der Waals surface area contributed by atoms with Crippen LogP contribution in [0.15, 0.2) is 29.2 Å². The van der Waals surface area contributed by atoms with Gasteiger partial charge in [0.15, 0.2) is 0 Å². The number of benzene rings is 1. The average molecular weight is 248 g/mol. The van der Waals surface area contributed by atoms with Gasteiger partial charge in [-0.05, 0) is 49.1 Å². The van der Waals surface area contributed by atoms with Gasteiger partial charge in [-0.3, -0.25) is 0 Å². The van der Waals surface area contributed by atoms with Crippen LogP contribution in [0.3, 0.4) is 0 Å². The fourth-order valence-corrected chi connectivity index (χ4v) is 4.96. The number of hydrogen-bond donors (Lipinski definition) is 1. The second kappa shape index (κ2) is 4.33. The van der Waals surface area contributed by atoms with Crippen molar-refractivity contribution in [1.82, 2.24) is 0 Å². The maximum Gasteiger partial charge on any atom is 0.0545 e. The molecule has 1 heterocycles. The van der Waals surface area contributed by atoms with Crippen LogP contribution in [0.5, 0.6) is 0 Å². The summed E-state index contributed by atoms with van der Waals surface area (Å²) in [4.78, 5) is 1.47. The van der Waals surface area contributed by atoms with Gasteiger partial charge in [0.05, 0.1) is 6.10 Å². The van der Waals surface area contributed by atoms with Crippen LogP contribution in [-0.4, -0.2) is 16.5 Å². The summed E-state index contributed by atoms with van der Waals surface area (Å²) in [7, 11) is 0. The Bertz CT molecular complexity index is 392. The van der Waals surface area contributed by atoms with Gasteiger partial charge in [0.1, 0.15) is 0 Å². The molecule has 1 fully saturated rings. The monoisotopic (exact) mass is 248 g/mol. The molecular weight excluding hydrogens is 228 g/mol. The normalized spacial score (nSPS) is 36.1. The lowest BCUT2D eigenvalue weighted by atomic mass is 9.82. The van der Waals surface area contributed by atoms with Crippen molar-refractivity contribution < 1.29 is 5.11 Å². The number of aliphatic hydroxyl groups excluding tert-OH is 1. The van der Waals surface area contributed by atoms with Gasteiger partial charge in [-0.25, -0.2) is 0 Å². The SMILES string of the molecule is CC1(CC2Cc3ccccc3S2)CCC(O)C1. The molecule has 1 N–H and O–H groups in total. The second-order valence-corrected chi connectivity index (χ2v) is 7.31. The van der Waals surface area contributed by atoms with Gasteiger partial charge in [-0.2, -0.15) is 0 Å². The smallest absolute Gasteiger partial charge is 0.0545 e. The Morgan fingerprint density at radius 2 is 2.24 bits per heavy atom. The van der Waals surface area contributed by atoms with Crippen LogP contribution in [0, 0.1) is 5.41 Å². The number of hydrogen-bond acceptors (Lipinski definition) is 2. The van der Waals surface area contributed by atoms with Crippen LogP contribution in [0.25, 0.3) is 0 Å². The van der Waals surface area contributed by atoms with Gasteiger partial charge in [0.25, 0.3) is 0 Å². The summed E-state index contributed by atoms with van der Waals surface area (Å²) < 4.78 is 0. The van der Waals surface area contributed by atoms with Crippen molar-refractivity contribution in [2.45, 2.75) is 55.3 Å². The largest absolute Gasteiger partial charge is 0.393 e. The first-order valence-electron chi connectivity index (χ1n) is 6.57. The van der Waals surface area contributed by atoms with Crippen LogP contribution in [0.1, 0.15) is 38.2 Å². The highest BCUT2D eigenvalue weighted by Crippen LogP contribution is 2.47. The molecule has 0 spiro atoms. The van der Waals surface area contributed by atoms with E-state index in [9.17, 15) is 5.11 Å². The summed E-state index contributed by atoms with van der Waals surface area (Å²) in [5.74, 6) is 0. The number of thioether (sulfide) groups is 1. The van der Waals surface area contributed by atoms with Crippen molar-refractivity contribution in [2.24, 2.45) is 5.41 Å². The molecule has 2 aliphatic rings. The number of fused-ring (bicyclic) bond motifs is 1. The van der Waals surface area contributed by atoms with Crippen LogP contribution < -0.4 is 0 Å². The summed E-state index contributed by atoms with van der Waals surface area (Å²) in [6, 6.07) is 8.78. The average Bonchev–Trinajstić information content (AvgIpc) is 2.81. The second-order valence-electron chi connectivity index (χ2n) is 5.96. The van der Waals surface area contributed by atoms with E-state index in [1.54, 1.807) is 0 Å². The minimum absolute atomic E-state index is 0.0474. The molecule has 3 rings (SSSR count). The first kappa shape index (κ1) is 11.6. The van der Waals surface area contributed by atoms with Gasteiger partial charge in [0.2, 0.25) is 0 Å². The molecule has 1 aromatic carbocycles. The fraction of sp³-hybridized carbons (Fsp3) is 0.600. The highest BCUT2D eigenvalue weighted by Gasteiger charge is 2.37. The van der Waals surface area contributed by atoms with E-state index in [-0.39, 0.29) is 6.10 Å². The zero-order valence-corrected chi connectivity index (χ0v) is 11.2. The molecule has 1 aliphatic carbocycles. The summed E-state index contributed by atoms with van der Waals surface area (Å²) in [5, 5.41) is 10.4. The summed E-state index contributed by atoms with van der Waals surface area (Å²) in [6.07, 6.45) is 5.62. The lowest BCUT2D eigenvalue weighted by molar-refractivity contribution is 0.160. The van der Waals surface area contributed by atoms with E-state index in [0.29, 0.717) is 5.41 Å². The van der Waals surface area contributed by atoms with Gasteiger partial charge in [-0.1, -0.05) is 25.1 Å². The van der Waals surface area contributed by atoms with Gasteiger partial charge < -0.3 is 5.11 Å². The van der Waals surface area contributed by atoms with Crippen molar-refractivity contribution in [2.75, 3.05) is 0 Å². The van der Waals surface area contributed by atoms with E-state index in [0.717, 1.165) is 18.1 Å². The first-order chi connectivity index (χ1) is 8.15. The van der Waals surface area contributed by atoms with Gasteiger partial charge in [0, 0.05) is 10.1 Å². The van der Waals surface area contributed by atoms with Crippen molar-refractivity contribution in [3.8, 4) is 0 Å². The Morgan fingerprint density at radius 1 is 1.41 bits per heavy atom. The Morgan fingerprint density at radius 3 is 2.94 bits per heavy atom. The van der Waals surface area contributed by atoms with Crippen LogP contribution in [-0.2, 0) is 6.42 Å². The Hall–Kier alpha value is -0.470. The molecule has 0 amide bonds. The summed E-state index contributed by atoms with van der Waals surface area (Å²) in [5.41, 5.74) is 1.89. The molecule has 0 saturated heterocycles. The van der Waals surface area contributed by atoms with E-state index in [1.165, 1.54) is 29.7 Å². The van der Waals surface area contributed by atoms with E-state index >= 15 is 0 Å². The molecule has 3 atom stereocenters. The molecule has 1 saturated carbocycles. The predicted molar refractivity (Wildman–Crippen MR) is 72.4 cm³/mol. The predicted octanol–water partition coefficient (Wildman–Crippen LogP) is 3.64. The maximum absolute atomic E-state index is 9.71. The van der Waals surface area contributed by atoms with Crippen molar-refractivity contribution in [3.63, 3.8) is 0 Å². The molecule has 0 aromatic heterocycles. The molecule has 2 heteroatoms. The summed E-state index contributed by atoms with van der Waals surface area (Å²) >= 11 is 2.04. The number of aliphatic hydroxyl groups is 1. The molecule has 0 bridgehead atoms. The third-order valence-corrected chi connectivity index (χ3v) is 5.56. The first-order valence-corrected chi connectivity index (χ1v) is 7.45. The van der Waals surface area contributed by atoms with E-state index in [2.05, 4.69) is 31.2 Å². The summed E-state index contributed by atoms with van der Waals surface area (Å²) in [6.45, 7) is 2.35. The van der Waals surface area contributed by atoms with Crippen LogP contribution in [0.2, 0.25) is 0 Å². The van der Waals surface area contributed by atoms with Gasteiger partial charge >= 0.3 is 0 Å². The molecule has 17 heavy (non-hydrogen) atoms. The standard InChI is InChI=1S/C15H20OS/c1-15(7-6-12(16)9-15)10-13-8-11-4-2-3-5-14(11)17-13/h2-5,12-13,16H,6-10H2,1H3. The lowest BCUT2D eigenvalue weighted by Crippen LogP contribution is -2.19. The third kappa shape index (κ3) is 2.38. The highest BCUT2D eigenvalue weighted by molar-refractivity contribution is 8.00. The van der Waals surface area contributed by atoms with Crippen LogP contribution >= 0.6 is 11.8 Å². The Balaban J connectivity index is 1.66. The topological polar surface area (TPSA) is 20.2 Å². The van der Waals surface area contributed by atoms with E-state index in [1.807, 2.05) is 11.8 Å². The molecule has 92 valence electrons. The van der Waals surface area contributed by atoms with Crippen molar-refractivity contribution in [3.05, 3.63) is 29.8 Å². The minimum atomic E-state index is -0.0474. The van der Waals surface area contributed by atoms with Crippen molar-refractivity contribution in [1.29, 1.82) is 0 Å². The molecule has 1 aliphatic heterocycles. The van der Waals surface area contributed by atoms with Crippen molar-refractivity contribution >= 4 is 11.8 Å². The Labute approximate surface area is 108 Å². The quantitative estimate of drug-likeness (QED) is 0.862. The molecule has 3 unspecified atom stereocenters. The Kier molecular flexibility index (Phi) is 2.95. The van der Waals surface area contributed by atoms with E-state index in [4.69, 9.17) is 0 Å². The van der Waals surface area contributed by atoms with E-state index < -0.39 is 0 Å². The zero-order valence-electron chi connectivity index (χ0n) is 10.4. The van der Waals surface area contributed by atoms with Gasteiger partial charge in [-0.15, -0.1) is 11.8 Å². The zero-order chi connectivity index (χ0) is 11.9. The fourth-order valence-electron chi connectivity index (χ4n) is 3.39. The highest BCUT2D eigenvalue weighted by atomic mass is 32.2. The molecule has 0 radical (unpaired) electrons.